The highest BCUT2D eigenvalue weighted by Gasteiger charge is 2.69. The number of ether oxygens (including phenoxy) is 1. The molecule has 2 heterocycles. The Morgan fingerprint density at radius 2 is 1.84 bits per heavy atom. The predicted octanol–water partition coefficient (Wildman–Crippen LogP) is 0.500. The number of rotatable bonds is 8. The van der Waals surface area contributed by atoms with Gasteiger partial charge in [-0.05, 0) is 30.1 Å². The van der Waals surface area contributed by atoms with Gasteiger partial charge in [0.05, 0.1) is 6.04 Å². The summed E-state index contributed by atoms with van der Waals surface area (Å²) in [5.41, 5.74) is -0.393. The van der Waals surface area contributed by atoms with Crippen LogP contribution in [0.2, 0.25) is 0 Å². The number of Topliss-reactive ketones (excluding diaryl/α,β-unsaturated/α-hetero) is 1. The standard InChI is InChI=1S/C23H29F5N4O6/c1-21(2)12-8-32(20(37)19(36)30-11-6-22(24,25)7-11)16(15(12)21)18(35)31-13(5-10-3-4-29-17(10)34)14(33)9-38-23(26,27)28/h10-13,15-16H,3-9H2,1-2H3,(H,29,34)(H,30,36)(H,31,35)/t10-,12-,13?,15-,16-/m0/s1. The van der Waals surface area contributed by atoms with Gasteiger partial charge in [0, 0.05) is 37.9 Å². The Hall–Kier alpha value is -2.84. The zero-order valence-electron chi connectivity index (χ0n) is 20.7. The van der Waals surface area contributed by atoms with Gasteiger partial charge in [-0.1, -0.05) is 13.8 Å². The fraction of sp³-hybridized carbons (Fsp3) is 0.783. The number of fused-ring (bicyclic) bond motifs is 1. The van der Waals surface area contributed by atoms with Gasteiger partial charge in [-0.3, -0.25) is 28.7 Å². The molecule has 0 aromatic rings. The number of hydrogen-bond donors (Lipinski definition) is 3. The van der Waals surface area contributed by atoms with Gasteiger partial charge in [-0.2, -0.15) is 0 Å². The SMILES string of the molecule is CC1(C)[C@@H]2[C@@H](C(=O)NC(C[C@@H]3CCNC3=O)C(=O)COC(F)(F)F)N(C(=O)C(=O)NC3CC(F)(F)C3)C[C@@H]21. The number of alkyl halides is 5. The van der Waals surface area contributed by atoms with E-state index in [2.05, 4.69) is 20.7 Å². The number of amides is 4. The molecule has 3 N–H and O–H groups in total. The van der Waals surface area contributed by atoms with E-state index in [1.165, 1.54) is 0 Å². The van der Waals surface area contributed by atoms with Gasteiger partial charge in [0.2, 0.25) is 11.8 Å². The van der Waals surface area contributed by atoms with E-state index >= 15 is 0 Å². The van der Waals surface area contributed by atoms with Crippen molar-refractivity contribution in [3.8, 4) is 0 Å². The molecule has 2 saturated heterocycles. The van der Waals surface area contributed by atoms with Gasteiger partial charge in [0.15, 0.2) is 5.78 Å². The Balaban J connectivity index is 1.47. The highest BCUT2D eigenvalue weighted by atomic mass is 19.4. The molecule has 212 valence electrons. The minimum Gasteiger partial charge on any atom is -0.356 e. The number of piperidine rings is 1. The Bertz CT molecular complexity index is 1030. The van der Waals surface area contributed by atoms with Crippen molar-refractivity contribution in [1.29, 1.82) is 0 Å². The van der Waals surface area contributed by atoms with Crippen LogP contribution in [-0.2, 0) is 28.7 Å². The molecular weight excluding hydrogens is 523 g/mol. The summed E-state index contributed by atoms with van der Waals surface area (Å²) in [4.78, 5) is 64.4. The molecular formula is C23H29F5N4O6. The van der Waals surface area contributed by atoms with Crippen LogP contribution in [0, 0.1) is 23.2 Å². The lowest BCUT2D eigenvalue weighted by Gasteiger charge is -2.36. The van der Waals surface area contributed by atoms with Gasteiger partial charge in [-0.25, -0.2) is 8.78 Å². The first kappa shape index (κ1) is 28.2. The number of nitrogens with one attached hydrogen (secondary N) is 3. The van der Waals surface area contributed by atoms with E-state index in [1.807, 2.05) is 13.8 Å². The maximum absolute atomic E-state index is 13.4. The van der Waals surface area contributed by atoms with Gasteiger partial charge in [-0.15, -0.1) is 13.2 Å². The van der Waals surface area contributed by atoms with Crippen molar-refractivity contribution in [2.45, 2.75) is 69.9 Å². The van der Waals surface area contributed by atoms with Crippen LogP contribution in [0.1, 0.15) is 39.5 Å². The van der Waals surface area contributed by atoms with E-state index in [0.717, 1.165) is 4.90 Å². The van der Waals surface area contributed by atoms with E-state index in [9.17, 15) is 45.9 Å². The van der Waals surface area contributed by atoms with Gasteiger partial charge >= 0.3 is 18.2 Å². The first-order valence-corrected chi connectivity index (χ1v) is 12.3. The van der Waals surface area contributed by atoms with Crippen LogP contribution >= 0.6 is 0 Å². The monoisotopic (exact) mass is 552 g/mol. The second-order valence-electron chi connectivity index (χ2n) is 11.1. The van der Waals surface area contributed by atoms with Gasteiger partial charge in [0.25, 0.3) is 5.92 Å². The maximum atomic E-state index is 13.4. The number of hydrogen-bond acceptors (Lipinski definition) is 6. The molecule has 0 spiro atoms. The van der Waals surface area contributed by atoms with Crippen molar-refractivity contribution in [2.75, 3.05) is 19.7 Å². The van der Waals surface area contributed by atoms with E-state index in [4.69, 9.17) is 0 Å². The molecule has 2 aliphatic heterocycles. The fourth-order valence-electron chi connectivity index (χ4n) is 5.87. The minimum atomic E-state index is -5.09. The minimum absolute atomic E-state index is 0.0314. The van der Waals surface area contributed by atoms with Crippen molar-refractivity contribution in [3.63, 3.8) is 0 Å². The average molecular weight is 552 g/mol. The highest BCUT2D eigenvalue weighted by Crippen LogP contribution is 2.64. The third-order valence-corrected chi connectivity index (χ3v) is 8.12. The van der Waals surface area contributed by atoms with E-state index in [0.29, 0.717) is 13.0 Å². The maximum Gasteiger partial charge on any atom is 0.522 e. The second-order valence-corrected chi connectivity index (χ2v) is 11.1. The summed E-state index contributed by atoms with van der Waals surface area (Å²) < 4.78 is 67.4. The molecule has 15 heteroatoms. The Morgan fingerprint density at radius 1 is 1.18 bits per heavy atom. The molecule has 4 rings (SSSR count). The van der Waals surface area contributed by atoms with Gasteiger partial charge in [0.1, 0.15) is 12.6 Å². The predicted molar refractivity (Wildman–Crippen MR) is 117 cm³/mol. The lowest BCUT2D eigenvalue weighted by molar-refractivity contribution is -0.321. The van der Waals surface area contributed by atoms with Crippen molar-refractivity contribution < 1.29 is 50.7 Å². The topological polar surface area (TPSA) is 134 Å². The average Bonchev–Trinajstić information content (AvgIpc) is 3.15. The number of ketones is 1. The molecule has 0 radical (unpaired) electrons. The molecule has 2 aliphatic carbocycles. The summed E-state index contributed by atoms with van der Waals surface area (Å²) in [5, 5.41) is 7.18. The molecule has 0 aromatic heterocycles. The Kier molecular flexibility index (Phi) is 7.21. The number of carbonyl (C=O) groups excluding carboxylic acids is 5. The molecule has 1 unspecified atom stereocenters. The lowest BCUT2D eigenvalue weighted by Crippen LogP contribution is -2.58. The van der Waals surface area contributed by atoms with E-state index < -0.39 is 96.5 Å². The first-order valence-electron chi connectivity index (χ1n) is 12.3. The largest absolute Gasteiger partial charge is 0.522 e. The quantitative estimate of drug-likeness (QED) is 0.297. The normalized spacial score (nSPS) is 30.1. The van der Waals surface area contributed by atoms with Crippen molar-refractivity contribution in [3.05, 3.63) is 0 Å². The third kappa shape index (κ3) is 5.76. The van der Waals surface area contributed by atoms with Crippen molar-refractivity contribution in [1.82, 2.24) is 20.9 Å². The molecule has 10 nitrogen and oxygen atoms in total. The Labute approximate surface area is 214 Å². The van der Waals surface area contributed by atoms with Crippen LogP contribution in [0.5, 0.6) is 0 Å². The zero-order chi connectivity index (χ0) is 28.2. The summed E-state index contributed by atoms with van der Waals surface area (Å²) in [5.74, 6) is -8.82. The smallest absolute Gasteiger partial charge is 0.356 e. The number of carbonyl (C=O) groups is 5. The lowest BCUT2D eigenvalue weighted by atomic mass is 9.88. The molecule has 38 heavy (non-hydrogen) atoms. The van der Waals surface area contributed by atoms with Crippen molar-refractivity contribution in [2.24, 2.45) is 23.2 Å². The van der Waals surface area contributed by atoms with Crippen molar-refractivity contribution >= 4 is 29.4 Å². The summed E-state index contributed by atoms with van der Waals surface area (Å²) >= 11 is 0. The van der Waals surface area contributed by atoms with Crippen LogP contribution < -0.4 is 16.0 Å². The zero-order valence-corrected chi connectivity index (χ0v) is 20.7. The molecule has 0 aromatic carbocycles. The fourth-order valence-corrected chi connectivity index (χ4v) is 5.87. The second kappa shape index (κ2) is 9.72. The summed E-state index contributed by atoms with van der Waals surface area (Å²) in [6.45, 7) is 2.65. The number of halogens is 5. The van der Waals surface area contributed by atoms with E-state index in [-0.39, 0.29) is 18.9 Å². The third-order valence-electron chi connectivity index (χ3n) is 8.12. The highest BCUT2D eigenvalue weighted by molar-refractivity contribution is 6.35. The molecule has 2 saturated carbocycles. The summed E-state index contributed by atoms with van der Waals surface area (Å²) in [7, 11) is 0. The molecule has 0 bridgehead atoms. The molecule has 4 aliphatic rings. The first-order chi connectivity index (χ1) is 17.5. The Morgan fingerprint density at radius 3 is 2.39 bits per heavy atom. The summed E-state index contributed by atoms with van der Waals surface area (Å²) in [6, 6.07) is -3.61. The summed E-state index contributed by atoms with van der Waals surface area (Å²) in [6.07, 6.45) is -6.26. The number of likely N-dealkylation sites (tertiary alicyclic amines) is 1. The molecule has 4 amide bonds. The molecule has 4 fully saturated rings. The van der Waals surface area contributed by atoms with Gasteiger partial charge < -0.3 is 20.9 Å². The van der Waals surface area contributed by atoms with E-state index in [1.54, 1.807) is 0 Å². The molecule has 5 atom stereocenters. The van der Waals surface area contributed by atoms with Crippen LogP contribution in [0.25, 0.3) is 0 Å². The van der Waals surface area contributed by atoms with Crippen LogP contribution in [-0.4, -0.2) is 84.4 Å². The van der Waals surface area contributed by atoms with Crippen LogP contribution in [0.4, 0.5) is 22.0 Å². The number of nitrogens with zero attached hydrogens (tertiary/aromatic N) is 1. The van der Waals surface area contributed by atoms with Crippen LogP contribution in [0.15, 0.2) is 0 Å². The van der Waals surface area contributed by atoms with Crippen LogP contribution in [0.3, 0.4) is 0 Å².